The minimum absolute atomic E-state index is 0.323. The Balaban J connectivity index is 2.02. The van der Waals surface area contributed by atoms with Gasteiger partial charge in [0.05, 0.1) is 0 Å². The molecule has 7 heteroatoms. The highest BCUT2D eigenvalue weighted by Crippen LogP contribution is 2.15. The normalized spacial score (nSPS) is 19.6. The number of hydrogen-bond donors (Lipinski definition) is 1. The molecule has 2 rings (SSSR count). The molecule has 1 fully saturated rings. The van der Waals surface area contributed by atoms with Gasteiger partial charge in [0.15, 0.2) is 0 Å². The Morgan fingerprint density at radius 1 is 1.25 bits per heavy atom. The first kappa shape index (κ1) is 15.0. The van der Waals surface area contributed by atoms with E-state index in [2.05, 4.69) is 5.43 Å². The van der Waals surface area contributed by atoms with E-state index < -0.39 is 10.2 Å². The second-order valence-electron chi connectivity index (χ2n) is 4.74. The predicted molar refractivity (Wildman–Crippen MR) is 75.8 cm³/mol. The molecule has 0 atom stereocenters. The maximum Gasteiger partial charge on any atom is 0.299 e. The lowest BCUT2D eigenvalue weighted by molar-refractivity contribution is -0.122. The summed E-state index contributed by atoms with van der Waals surface area (Å²) >= 11 is 0. The molecular weight excluding hydrogens is 278 g/mol. The van der Waals surface area contributed by atoms with Crippen LogP contribution in [0.3, 0.4) is 0 Å². The van der Waals surface area contributed by atoms with Crippen LogP contribution in [0.2, 0.25) is 0 Å². The summed E-state index contributed by atoms with van der Waals surface area (Å²) in [5.41, 5.74) is 3.46. The fourth-order valence-electron chi connectivity index (χ4n) is 2.18. The number of benzene rings is 1. The zero-order chi connectivity index (χ0) is 14.6. The number of nitrogens with zero attached hydrogens (tertiary/aromatic N) is 2. The first-order chi connectivity index (χ1) is 9.50. The smallest absolute Gasteiger partial charge is 0.275 e. The lowest BCUT2D eigenvalue weighted by atomic mass is 10.1. The number of carbonyl (C=O) groups is 1. The van der Waals surface area contributed by atoms with Gasteiger partial charge in [0.2, 0.25) is 5.91 Å². The second-order valence-corrected chi connectivity index (χ2v) is 6.59. The molecule has 1 aromatic carbocycles. The Kier molecular flexibility index (Phi) is 4.74. The first-order valence-electron chi connectivity index (χ1n) is 6.59. The Hall–Kier alpha value is -1.44. The van der Waals surface area contributed by atoms with Crippen molar-refractivity contribution in [2.24, 2.45) is 0 Å². The maximum absolute atomic E-state index is 12.3. The molecule has 0 aromatic heterocycles. The van der Waals surface area contributed by atoms with Crippen molar-refractivity contribution in [1.82, 2.24) is 14.1 Å². The van der Waals surface area contributed by atoms with Gasteiger partial charge in [-0.05, 0) is 18.4 Å². The molecule has 1 aliphatic rings. The summed E-state index contributed by atoms with van der Waals surface area (Å²) in [5.74, 6) is -0.376. The molecule has 1 saturated heterocycles. The standard InChI is InChI=1S/C13H19N3O3S/c1-12(17)14-16-10-5-9-15(20(16,18)19)11-8-13-6-3-2-4-7-13/h2-4,6-7H,5,8-11H2,1H3,(H,14,17). The van der Waals surface area contributed by atoms with Crippen molar-refractivity contribution in [3.05, 3.63) is 35.9 Å². The van der Waals surface area contributed by atoms with Crippen LogP contribution >= 0.6 is 0 Å². The third kappa shape index (κ3) is 3.56. The highest BCUT2D eigenvalue weighted by molar-refractivity contribution is 7.86. The van der Waals surface area contributed by atoms with E-state index in [1.807, 2.05) is 30.3 Å². The van der Waals surface area contributed by atoms with E-state index in [1.165, 1.54) is 11.2 Å². The van der Waals surface area contributed by atoms with E-state index in [1.54, 1.807) is 0 Å². The Morgan fingerprint density at radius 3 is 2.60 bits per heavy atom. The minimum atomic E-state index is -3.59. The van der Waals surface area contributed by atoms with Crippen LogP contribution in [0.4, 0.5) is 0 Å². The van der Waals surface area contributed by atoms with Crippen LogP contribution in [-0.4, -0.2) is 42.7 Å². The van der Waals surface area contributed by atoms with E-state index in [0.29, 0.717) is 32.5 Å². The van der Waals surface area contributed by atoms with Gasteiger partial charge in [-0.25, -0.2) is 0 Å². The van der Waals surface area contributed by atoms with Crippen LogP contribution in [0.15, 0.2) is 30.3 Å². The lowest BCUT2D eigenvalue weighted by Gasteiger charge is -2.34. The van der Waals surface area contributed by atoms with Crippen LogP contribution in [0.1, 0.15) is 18.9 Å². The van der Waals surface area contributed by atoms with Crippen LogP contribution < -0.4 is 5.43 Å². The van der Waals surface area contributed by atoms with Gasteiger partial charge in [-0.2, -0.15) is 12.7 Å². The van der Waals surface area contributed by atoms with Crippen molar-refractivity contribution in [3.63, 3.8) is 0 Å². The summed E-state index contributed by atoms with van der Waals surface area (Å²) in [6, 6.07) is 9.75. The zero-order valence-corrected chi connectivity index (χ0v) is 12.3. The van der Waals surface area contributed by atoms with Gasteiger partial charge >= 0.3 is 0 Å². The fraction of sp³-hybridized carbons (Fsp3) is 0.462. The van der Waals surface area contributed by atoms with Crippen LogP contribution in [0.5, 0.6) is 0 Å². The van der Waals surface area contributed by atoms with Crippen LogP contribution in [0, 0.1) is 0 Å². The summed E-state index contributed by atoms with van der Waals surface area (Å²) in [4.78, 5) is 11.1. The molecule has 110 valence electrons. The van der Waals surface area contributed by atoms with Crippen LogP contribution in [0.25, 0.3) is 0 Å². The van der Waals surface area contributed by atoms with Crippen molar-refractivity contribution in [1.29, 1.82) is 0 Å². The lowest BCUT2D eigenvalue weighted by Crippen LogP contribution is -2.56. The largest absolute Gasteiger partial charge is 0.299 e. The van der Waals surface area contributed by atoms with E-state index in [0.717, 1.165) is 9.98 Å². The molecule has 0 bridgehead atoms. The van der Waals surface area contributed by atoms with E-state index in [4.69, 9.17) is 0 Å². The monoisotopic (exact) mass is 297 g/mol. The van der Waals surface area contributed by atoms with E-state index in [9.17, 15) is 13.2 Å². The van der Waals surface area contributed by atoms with Crippen molar-refractivity contribution in [3.8, 4) is 0 Å². The highest BCUT2D eigenvalue weighted by atomic mass is 32.2. The molecule has 1 aromatic rings. The molecule has 6 nitrogen and oxygen atoms in total. The predicted octanol–water partition coefficient (Wildman–Crippen LogP) is 0.533. The highest BCUT2D eigenvalue weighted by Gasteiger charge is 2.33. The van der Waals surface area contributed by atoms with Gasteiger partial charge in [-0.1, -0.05) is 30.3 Å². The average Bonchev–Trinajstić information content (AvgIpc) is 2.40. The van der Waals surface area contributed by atoms with Crippen molar-refractivity contribution in [2.75, 3.05) is 19.6 Å². The number of rotatable bonds is 4. The molecular formula is C13H19N3O3S. The molecule has 1 heterocycles. The molecule has 20 heavy (non-hydrogen) atoms. The van der Waals surface area contributed by atoms with Gasteiger partial charge in [0.25, 0.3) is 10.2 Å². The summed E-state index contributed by atoms with van der Waals surface area (Å²) in [6.45, 7) is 2.54. The molecule has 0 spiro atoms. The molecule has 0 unspecified atom stereocenters. The summed E-state index contributed by atoms with van der Waals surface area (Å²) in [7, 11) is -3.59. The maximum atomic E-state index is 12.3. The van der Waals surface area contributed by atoms with Gasteiger partial charge in [-0.3, -0.25) is 10.2 Å². The van der Waals surface area contributed by atoms with Crippen molar-refractivity contribution < 1.29 is 13.2 Å². The Bertz CT molecular complexity index is 559. The number of nitrogens with one attached hydrogen (secondary N) is 1. The van der Waals surface area contributed by atoms with Crippen molar-refractivity contribution in [2.45, 2.75) is 19.8 Å². The van der Waals surface area contributed by atoms with Crippen LogP contribution in [-0.2, 0) is 21.4 Å². The van der Waals surface area contributed by atoms with E-state index in [-0.39, 0.29) is 5.91 Å². The molecule has 0 radical (unpaired) electrons. The number of carbonyl (C=O) groups excluding carboxylic acids is 1. The summed E-state index contributed by atoms with van der Waals surface area (Å²) in [5, 5.41) is 0. The average molecular weight is 297 g/mol. The molecule has 1 aliphatic heterocycles. The first-order valence-corrected chi connectivity index (χ1v) is 7.99. The second kappa shape index (κ2) is 6.34. The molecule has 0 aliphatic carbocycles. The summed E-state index contributed by atoms with van der Waals surface area (Å²) in [6.07, 6.45) is 1.36. The van der Waals surface area contributed by atoms with Crippen molar-refractivity contribution >= 4 is 16.1 Å². The minimum Gasteiger partial charge on any atom is -0.275 e. The Labute approximate surface area is 119 Å². The van der Waals surface area contributed by atoms with Gasteiger partial charge in [0, 0.05) is 26.6 Å². The van der Waals surface area contributed by atoms with E-state index >= 15 is 0 Å². The zero-order valence-electron chi connectivity index (χ0n) is 11.4. The quantitative estimate of drug-likeness (QED) is 0.881. The molecule has 0 saturated carbocycles. The van der Waals surface area contributed by atoms with Gasteiger partial charge in [-0.15, -0.1) is 4.41 Å². The number of amides is 1. The Morgan fingerprint density at radius 2 is 1.95 bits per heavy atom. The third-order valence-corrected chi connectivity index (χ3v) is 5.00. The molecule has 1 amide bonds. The SMILES string of the molecule is CC(=O)NN1CCCN(CCc2ccccc2)S1(=O)=O. The fourth-order valence-corrected chi connectivity index (χ4v) is 3.74. The number of hydrogen-bond acceptors (Lipinski definition) is 3. The molecule has 1 N–H and O–H groups in total. The van der Waals surface area contributed by atoms with Gasteiger partial charge < -0.3 is 0 Å². The van der Waals surface area contributed by atoms with Gasteiger partial charge in [0.1, 0.15) is 0 Å². The third-order valence-electron chi connectivity index (χ3n) is 3.15. The summed E-state index contributed by atoms with van der Waals surface area (Å²) < 4.78 is 27.1. The number of hydrazine groups is 1. The topological polar surface area (TPSA) is 69.7 Å².